The molecule has 1 aliphatic rings. The second-order valence-electron chi connectivity index (χ2n) is 5.55. The molecule has 5 nitrogen and oxygen atoms in total. The third-order valence-corrected chi connectivity index (χ3v) is 4.15. The molecule has 1 aliphatic heterocycles. The first-order valence-electron chi connectivity index (χ1n) is 7.15. The predicted octanol–water partition coefficient (Wildman–Crippen LogP) is 2.53. The fourth-order valence-electron chi connectivity index (χ4n) is 2.73. The Hall–Kier alpha value is -1.59. The van der Waals surface area contributed by atoms with Gasteiger partial charge in [0.15, 0.2) is 11.5 Å². The molecule has 1 saturated heterocycles. The van der Waals surface area contributed by atoms with Gasteiger partial charge >= 0.3 is 0 Å². The Balaban J connectivity index is 1.72. The van der Waals surface area contributed by atoms with Crippen molar-refractivity contribution >= 4 is 28.6 Å². The van der Waals surface area contributed by atoms with Crippen molar-refractivity contribution in [3.63, 3.8) is 0 Å². The van der Waals surface area contributed by atoms with Crippen LogP contribution in [0.1, 0.15) is 31.6 Å². The number of halogens is 1. The first-order chi connectivity index (χ1) is 10.0. The minimum atomic E-state index is -0.437. The minimum absolute atomic E-state index is 0.0118. The Kier molecular flexibility index (Phi) is 3.87. The molecule has 6 heteroatoms. The summed E-state index contributed by atoms with van der Waals surface area (Å²) in [5.74, 6) is 0.992. The van der Waals surface area contributed by atoms with E-state index in [0.717, 1.165) is 29.8 Å². The molecule has 3 rings (SSSR count). The Bertz CT molecular complexity index is 660. The topological polar surface area (TPSA) is 72.4 Å². The highest BCUT2D eigenvalue weighted by atomic mass is 35.5. The SMILES string of the molecule is CC(N)C(=O)N1CCC(c2nc3cc(Cl)ccc3o2)CC1. The zero-order chi connectivity index (χ0) is 15.0. The van der Waals surface area contributed by atoms with Gasteiger partial charge in [0.05, 0.1) is 6.04 Å². The number of piperidine rings is 1. The van der Waals surface area contributed by atoms with Gasteiger partial charge < -0.3 is 15.1 Å². The van der Waals surface area contributed by atoms with Gasteiger partial charge in [0, 0.05) is 24.0 Å². The van der Waals surface area contributed by atoms with E-state index in [0.29, 0.717) is 18.1 Å². The van der Waals surface area contributed by atoms with E-state index >= 15 is 0 Å². The average molecular weight is 308 g/mol. The largest absolute Gasteiger partial charge is 0.440 e. The molecule has 0 saturated carbocycles. The molecule has 1 aromatic carbocycles. The van der Waals surface area contributed by atoms with E-state index in [1.807, 2.05) is 11.0 Å². The van der Waals surface area contributed by atoms with Gasteiger partial charge in [-0.05, 0) is 38.0 Å². The van der Waals surface area contributed by atoms with E-state index in [1.165, 1.54) is 0 Å². The molecule has 2 heterocycles. The Labute approximate surface area is 128 Å². The number of likely N-dealkylation sites (tertiary alicyclic amines) is 1. The standard InChI is InChI=1S/C15H18ClN3O2/c1-9(17)15(20)19-6-4-10(5-7-19)14-18-12-8-11(16)2-3-13(12)21-14/h2-3,8-10H,4-7,17H2,1H3. The number of carbonyl (C=O) groups is 1. The highest BCUT2D eigenvalue weighted by molar-refractivity contribution is 6.31. The Morgan fingerprint density at radius 3 is 2.86 bits per heavy atom. The maximum atomic E-state index is 11.9. The summed E-state index contributed by atoms with van der Waals surface area (Å²) in [4.78, 5) is 18.2. The van der Waals surface area contributed by atoms with Gasteiger partial charge in [-0.15, -0.1) is 0 Å². The number of fused-ring (bicyclic) bond motifs is 1. The molecule has 0 spiro atoms. The quantitative estimate of drug-likeness (QED) is 0.925. The van der Waals surface area contributed by atoms with Crippen molar-refractivity contribution in [2.24, 2.45) is 5.73 Å². The molecular formula is C15H18ClN3O2. The number of oxazole rings is 1. The van der Waals surface area contributed by atoms with Gasteiger partial charge in [0.2, 0.25) is 5.91 Å². The van der Waals surface area contributed by atoms with Crippen LogP contribution in [0.2, 0.25) is 5.02 Å². The van der Waals surface area contributed by atoms with Crippen molar-refractivity contribution in [2.45, 2.75) is 31.7 Å². The lowest BCUT2D eigenvalue weighted by molar-refractivity contribution is -0.133. The summed E-state index contributed by atoms with van der Waals surface area (Å²) in [6.07, 6.45) is 1.69. The van der Waals surface area contributed by atoms with Crippen LogP contribution < -0.4 is 5.73 Å². The van der Waals surface area contributed by atoms with Crippen LogP contribution in [0.15, 0.2) is 22.6 Å². The van der Waals surface area contributed by atoms with E-state index in [-0.39, 0.29) is 11.8 Å². The van der Waals surface area contributed by atoms with Gasteiger partial charge in [0.1, 0.15) is 5.52 Å². The maximum absolute atomic E-state index is 11.9. The molecule has 1 amide bonds. The summed E-state index contributed by atoms with van der Waals surface area (Å²) < 4.78 is 5.81. The number of hydrogen-bond donors (Lipinski definition) is 1. The van der Waals surface area contributed by atoms with E-state index in [4.69, 9.17) is 21.8 Å². The van der Waals surface area contributed by atoms with E-state index in [1.54, 1.807) is 19.1 Å². The van der Waals surface area contributed by atoms with Crippen molar-refractivity contribution < 1.29 is 9.21 Å². The number of aromatic nitrogens is 1. The van der Waals surface area contributed by atoms with Gasteiger partial charge in [-0.1, -0.05) is 11.6 Å². The number of nitrogens with zero attached hydrogens (tertiary/aromatic N) is 2. The van der Waals surface area contributed by atoms with E-state index in [2.05, 4.69) is 4.98 Å². The molecule has 2 aromatic rings. The zero-order valence-corrected chi connectivity index (χ0v) is 12.6. The maximum Gasteiger partial charge on any atom is 0.239 e. The highest BCUT2D eigenvalue weighted by Gasteiger charge is 2.28. The lowest BCUT2D eigenvalue weighted by atomic mass is 9.96. The molecule has 2 N–H and O–H groups in total. The number of carbonyl (C=O) groups excluding carboxylic acids is 1. The summed E-state index contributed by atoms with van der Waals surface area (Å²) in [7, 11) is 0. The van der Waals surface area contributed by atoms with Crippen LogP contribution in [-0.4, -0.2) is 34.9 Å². The molecule has 1 fully saturated rings. The van der Waals surface area contributed by atoms with Crippen molar-refractivity contribution in [1.29, 1.82) is 0 Å². The number of hydrogen-bond acceptors (Lipinski definition) is 4. The average Bonchev–Trinajstić information content (AvgIpc) is 2.89. The minimum Gasteiger partial charge on any atom is -0.440 e. The third kappa shape index (κ3) is 2.89. The lowest BCUT2D eigenvalue weighted by Crippen LogP contribution is -2.45. The summed E-state index contributed by atoms with van der Waals surface area (Å²) in [5.41, 5.74) is 7.18. The van der Waals surface area contributed by atoms with Crippen molar-refractivity contribution in [3.8, 4) is 0 Å². The second-order valence-corrected chi connectivity index (χ2v) is 5.99. The smallest absolute Gasteiger partial charge is 0.239 e. The van der Waals surface area contributed by atoms with E-state index in [9.17, 15) is 4.79 Å². The molecule has 0 aliphatic carbocycles. The van der Waals surface area contributed by atoms with Crippen molar-refractivity contribution in [3.05, 3.63) is 29.1 Å². The molecule has 1 unspecified atom stereocenters. The van der Waals surface area contributed by atoms with Crippen LogP contribution in [0.3, 0.4) is 0 Å². The molecule has 1 aromatic heterocycles. The molecule has 1 atom stereocenters. The fourth-order valence-corrected chi connectivity index (χ4v) is 2.89. The summed E-state index contributed by atoms with van der Waals surface area (Å²) in [6, 6.07) is 5.00. The normalized spacial score (nSPS) is 18.1. The predicted molar refractivity (Wildman–Crippen MR) is 81.2 cm³/mol. The van der Waals surface area contributed by atoms with Crippen LogP contribution in [-0.2, 0) is 4.79 Å². The number of benzene rings is 1. The number of amides is 1. The lowest BCUT2D eigenvalue weighted by Gasteiger charge is -2.31. The summed E-state index contributed by atoms with van der Waals surface area (Å²) in [5, 5.41) is 0.652. The molecule has 21 heavy (non-hydrogen) atoms. The Morgan fingerprint density at radius 1 is 1.48 bits per heavy atom. The van der Waals surface area contributed by atoms with Crippen LogP contribution in [0, 0.1) is 0 Å². The first kappa shape index (κ1) is 14.4. The van der Waals surface area contributed by atoms with Crippen LogP contribution in [0.25, 0.3) is 11.1 Å². The summed E-state index contributed by atoms with van der Waals surface area (Å²) in [6.45, 7) is 3.12. The molecule has 0 radical (unpaired) electrons. The highest BCUT2D eigenvalue weighted by Crippen LogP contribution is 2.30. The van der Waals surface area contributed by atoms with E-state index < -0.39 is 6.04 Å². The van der Waals surface area contributed by atoms with Gasteiger partial charge in [0.25, 0.3) is 0 Å². The zero-order valence-electron chi connectivity index (χ0n) is 11.9. The Morgan fingerprint density at radius 2 is 2.19 bits per heavy atom. The van der Waals surface area contributed by atoms with Crippen LogP contribution >= 0.6 is 11.6 Å². The molecule has 0 bridgehead atoms. The fraction of sp³-hybridized carbons (Fsp3) is 0.467. The second kappa shape index (κ2) is 5.66. The van der Waals surface area contributed by atoms with Gasteiger partial charge in [-0.3, -0.25) is 4.79 Å². The number of rotatable bonds is 2. The first-order valence-corrected chi connectivity index (χ1v) is 7.53. The van der Waals surface area contributed by atoms with Gasteiger partial charge in [-0.25, -0.2) is 4.98 Å². The van der Waals surface area contributed by atoms with Crippen LogP contribution in [0.5, 0.6) is 0 Å². The number of nitrogens with two attached hydrogens (primary N) is 1. The monoisotopic (exact) mass is 307 g/mol. The summed E-state index contributed by atoms with van der Waals surface area (Å²) >= 11 is 5.96. The molecular weight excluding hydrogens is 290 g/mol. The molecule has 112 valence electrons. The van der Waals surface area contributed by atoms with Gasteiger partial charge in [-0.2, -0.15) is 0 Å². The third-order valence-electron chi connectivity index (χ3n) is 3.91. The van der Waals surface area contributed by atoms with Crippen molar-refractivity contribution in [1.82, 2.24) is 9.88 Å². The van der Waals surface area contributed by atoms with Crippen molar-refractivity contribution in [2.75, 3.05) is 13.1 Å². The van der Waals surface area contributed by atoms with Crippen LogP contribution in [0.4, 0.5) is 0 Å².